The SMILES string of the molecule is O=C(O)c1ccc(C(=O)NCCCC(=O)N2CCc3ccccc32)cc1. The van der Waals surface area contributed by atoms with Gasteiger partial charge in [-0.15, -0.1) is 0 Å². The molecule has 2 aromatic carbocycles. The van der Waals surface area contributed by atoms with Gasteiger partial charge in [-0.2, -0.15) is 0 Å². The van der Waals surface area contributed by atoms with Crippen LogP contribution >= 0.6 is 0 Å². The quantitative estimate of drug-likeness (QED) is 0.782. The van der Waals surface area contributed by atoms with Crippen LogP contribution in [-0.2, 0) is 11.2 Å². The molecular formula is C20H20N2O4. The van der Waals surface area contributed by atoms with Crippen molar-refractivity contribution < 1.29 is 19.5 Å². The van der Waals surface area contributed by atoms with E-state index in [1.807, 2.05) is 29.2 Å². The highest BCUT2D eigenvalue weighted by Gasteiger charge is 2.23. The molecule has 1 heterocycles. The van der Waals surface area contributed by atoms with Crippen LogP contribution in [0.25, 0.3) is 0 Å². The molecule has 0 fully saturated rings. The van der Waals surface area contributed by atoms with Gasteiger partial charge in [0.2, 0.25) is 5.91 Å². The van der Waals surface area contributed by atoms with Gasteiger partial charge in [-0.25, -0.2) is 4.79 Å². The highest BCUT2D eigenvalue weighted by atomic mass is 16.4. The van der Waals surface area contributed by atoms with Crippen LogP contribution in [0.5, 0.6) is 0 Å². The van der Waals surface area contributed by atoms with E-state index in [2.05, 4.69) is 5.32 Å². The number of nitrogens with zero attached hydrogens (tertiary/aromatic N) is 1. The van der Waals surface area contributed by atoms with Crippen LogP contribution in [0.2, 0.25) is 0 Å². The van der Waals surface area contributed by atoms with Gasteiger partial charge in [-0.05, 0) is 48.7 Å². The van der Waals surface area contributed by atoms with Gasteiger partial charge >= 0.3 is 5.97 Å². The molecule has 0 bridgehead atoms. The molecule has 134 valence electrons. The molecule has 2 N–H and O–H groups in total. The lowest BCUT2D eigenvalue weighted by atomic mass is 10.1. The number of fused-ring (bicyclic) bond motifs is 1. The molecule has 0 spiro atoms. The van der Waals surface area contributed by atoms with Gasteiger partial charge in [0.15, 0.2) is 0 Å². The number of carboxylic acids is 1. The van der Waals surface area contributed by atoms with Crippen molar-refractivity contribution in [3.05, 3.63) is 65.2 Å². The monoisotopic (exact) mass is 352 g/mol. The van der Waals surface area contributed by atoms with Crippen molar-refractivity contribution in [3.8, 4) is 0 Å². The molecule has 1 aliphatic rings. The first-order valence-corrected chi connectivity index (χ1v) is 8.56. The zero-order chi connectivity index (χ0) is 18.5. The Balaban J connectivity index is 1.45. The molecule has 0 aliphatic carbocycles. The molecule has 0 saturated heterocycles. The number of hydrogen-bond acceptors (Lipinski definition) is 3. The third-order valence-electron chi connectivity index (χ3n) is 4.44. The predicted molar refractivity (Wildman–Crippen MR) is 97.5 cm³/mol. The molecule has 6 nitrogen and oxygen atoms in total. The van der Waals surface area contributed by atoms with E-state index in [9.17, 15) is 14.4 Å². The van der Waals surface area contributed by atoms with E-state index in [1.165, 1.54) is 29.8 Å². The van der Waals surface area contributed by atoms with Gasteiger partial charge in [0.1, 0.15) is 0 Å². The Morgan fingerprint density at radius 3 is 2.42 bits per heavy atom. The second-order valence-corrected chi connectivity index (χ2v) is 6.17. The first-order chi connectivity index (χ1) is 12.6. The summed E-state index contributed by atoms with van der Waals surface area (Å²) in [6.45, 7) is 1.10. The molecule has 0 atom stereocenters. The van der Waals surface area contributed by atoms with E-state index in [0.29, 0.717) is 31.5 Å². The molecule has 0 saturated carbocycles. The fourth-order valence-corrected chi connectivity index (χ4v) is 3.04. The minimum Gasteiger partial charge on any atom is -0.478 e. The number of benzene rings is 2. The Bertz CT molecular complexity index is 830. The van der Waals surface area contributed by atoms with Crippen LogP contribution in [0.3, 0.4) is 0 Å². The standard InChI is InChI=1S/C20H20N2O4/c23-18(22-13-11-14-4-1-2-5-17(14)22)6-3-12-21-19(24)15-7-9-16(10-8-15)20(25)26/h1-2,4-5,7-10H,3,6,11-13H2,(H,21,24)(H,25,26). The zero-order valence-corrected chi connectivity index (χ0v) is 14.3. The van der Waals surface area contributed by atoms with Crippen molar-refractivity contribution >= 4 is 23.5 Å². The van der Waals surface area contributed by atoms with Crippen molar-refractivity contribution in [3.63, 3.8) is 0 Å². The van der Waals surface area contributed by atoms with E-state index in [4.69, 9.17) is 5.11 Å². The summed E-state index contributed by atoms with van der Waals surface area (Å²) in [6, 6.07) is 13.7. The van der Waals surface area contributed by atoms with Gasteiger partial charge in [0.25, 0.3) is 5.91 Å². The second kappa shape index (κ2) is 7.82. The van der Waals surface area contributed by atoms with Crippen molar-refractivity contribution in [1.29, 1.82) is 0 Å². The number of hydrogen-bond donors (Lipinski definition) is 2. The Morgan fingerprint density at radius 1 is 1.00 bits per heavy atom. The van der Waals surface area contributed by atoms with Gasteiger partial charge in [0.05, 0.1) is 5.56 Å². The van der Waals surface area contributed by atoms with Gasteiger partial charge in [-0.1, -0.05) is 18.2 Å². The Morgan fingerprint density at radius 2 is 1.69 bits per heavy atom. The summed E-state index contributed by atoms with van der Waals surface area (Å²) in [5.41, 5.74) is 2.71. The van der Waals surface area contributed by atoms with E-state index >= 15 is 0 Å². The Hall–Kier alpha value is -3.15. The lowest BCUT2D eigenvalue weighted by molar-refractivity contribution is -0.118. The molecule has 26 heavy (non-hydrogen) atoms. The molecule has 1 aliphatic heterocycles. The molecule has 6 heteroatoms. The van der Waals surface area contributed by atoms with E-state index in [1.54, 1.807) is 0 Å². The molecule has 2 amide bonds. The van der Waals surface area contributed by atoms with E-state index < -0.39 is 5.97 Å². The summed E-state index contributed by atoms with van der Waals surface area (Å²) >= 11 is 0. The normalized spacial score (nSPS) is 12.5. The number of amides is 2. The second-order valence-electron chi connectivity index (χ2n) is 6.17. The van der Waals surface area contributed by atoms with Crippen molar-refractivity contribution in [2.45, 2.75) is 19.3 Å². The number of carbonyl (C=O) groups is 3. The number of aromatic carboxylic acids is 1. The van der Waals surface area contributed by atoms with Crippen LogP contribution in [0.4, 0.5) is 5.69 Å². The molecule has 0 unspecified atom stereocenters. The lowest BCUT2D eigenvalue weighted by Gasteiger charge is -2.17. The molecule has 3 rings (SSSR count). The number of carboxylic acid groups (broad SMARTS) is 1. The van der Waals surface area contributed by atoms with E-state index in [0.717, 1.165) is 12.1 Å². The topological polar surface area (TPSA) is 86.7 Å². The number of anilines is 1. The number of rotatable bonds is 6. The molecule has 0 radical (unpaired) electrons. The molecule has 0 aromatic heterocycles. The number of nitrogens with one attached hydrogen (secondary N) is 1. The smallest absolute Gasteiger partial charge is 0.335 e. The third-order valence-corrected chi connectivity index (χ3v) is 4.44. The van der Waals surface area contributed by atoms with Crippen LogP contribution in [0, 0.1) is 0 Å². The average molecular weight is 352 g/mol. The minimum atomic E-state index is -1.03. The third kappa shape index (κ3) is 3.91. The largest absolute Gasteiger partial charge is 0.478 e. The highest BCUT2D eigenvalue weighted by Crippen LogP contribution is 2.27. The maximum atomic E-state index is 12.4. The Labute approximate surface area is 151 Å². The van der Waals surface area contributed by atoms with E-state index in [-0.39, 0.29) is 17.4 Å². The van der Waals surface area contributed by atoms with Gasteiger partial charge in [0, 0.05) is 30.8 Å². The molecule has 2 aromatic rings. The van der Waals surface area contributed by atoms with Crippen LogP contribution in [0.1, 0.15) is 39.1 Å². The maximum absolute atomic E-state index is 12.4. The van der Waals surface area contributed by atoms with Gasteiger partial charge < -0.3 is 15.3 Å². The summed E-state index contributed by atoms with van der Waals surface area (Å²) < 4.78 is 0. The van der Waals surface area contributed by atoms with Crippen molar-refractivity contribution in [2.75, 3.05) is 18.0 Å². The summed E-state index contributed by atoms with van der Waals surface area (Å²) in [7, 11) is 0. The fraction of sp³-hybridized carbons (Fsp3) is 0.250. The summed E-state index contributed by atoms with van der Waals surface area (Å²) in [5, 5.41) is 11.6. The van der Waals surface area contributed by atoms with Crippen LogP contribution < -0.4 is 10.2 Å². The van der Waals surface area contributed by atoms with Crippen LogP contribution in [0.15, 0.2) is 48.5 Å². The highest BCUT2D eigenvalue weighted by molar-refractivity contribution is 5.96. The van der Waals surface area contributed by atoms with Crippen molar-refractivity contribution in [2.24, 2.45) is 0 Å². The summed E-state index contributed by atoms with van der Waals surface area (Å²) in [4.78, 5) is 37.0. The van der Waals surface area contributed by atoms with Gasteiger partial charge in [-0.3, -0.25) is 9.59 Å². The first kappa shape index (κ1) is 17.7. The zero-order valence-electron chi connectivity index (χ0n) is 14.3. The predicted octanol–water partition coefficient (Wildman–Crippen LogP) is 2.48. The fourth-order valence-electron chi connectivity index (χ4n) is 3.04. The summed E-state index contributed by atoms with van der Waals surface area (Å²) in [6.07, 6.45) is 1.80. The van der Waals surface area contributed by atoms with Crippen molar-refractivity contribution in [1.82, 2.24) is 5.32 Å². The lowest BCUT2D eigenvalue weighted by Crippen LogP contribution is -2.30. The minimum absolute atomic E-state index is 0.0648. The molecular weight excluding hydrogens is 332 g/mol. The average Bonchev–Trinajstić information content (AvgIpc) is 3.09. The maximum Gasteiger partial charge on any atom is 0.335 e. The number of para-hydroxylation sites is 1. The summed E-state index contributed by atoms with van der Waals surface area (Å²) in [5.74, 6) is -1.24. The Kier molecular flexibility index (Phi) is 5.31. The van der Waals surface area contributed by atoms with Crippen LogP contribution in [-0.4, -0.2) is 36.0 Å². The number of carbonyl (C=O) groups excluding carboxylic acids is 2. The first-order valence-electron chi connectivity index (χ1n) is 8.56.